The molecule has 1 amide bonds. The first-order valence-corrected chi connectivity index (χ1v) is 5.22. The standard InChI is InChI=1S/C9H9N5O5/c1-2-18-9(15)11-10-5-3-4-6(14(16)17)8-7(5)12-19-13-8/h3-4,10H,2H2,1H3,(H,11,15). The summed E-state index contributed by atoms with van der Waals surface area (Å²) in [7, 11) is 0. The number of hydrogen-bond donors (Lipinski definition) is 2. The van der Waals surface area contributed by atoms with E-state index in [0.29, 0.717) is 5.69 Å². The minimum Gasteiger partial charge on any atom is -0.449 e. The Morgan fingerprint density at radius 1 is 1.47 bits per heavy atom. The maximum atomic E-state index is 11.1. The molecular formula is C9H9N5O5. The van der Waals surface area contributed by atoms with E-state index in [2.05, 4.69) is 30.5 Å². The Kier molecular flexibility index (Phi) is 3.41. The number of nitro groups is 1. The van der Waals surface area contributed by atoms with E-state index in [-0.39, 0.29) is 23.3 Å². The van der Waals surface area contributed by atoms with Crippen molar-refractivity contribution >= 4 is 28.5 Å². The maximum Gasteiger partial charge on any atom is 0.425 e. The van der Waals surface area contributed by atoms with Crippen LogP contribution in [0.15, 0.2) is 16.8 Å². The molecule has 0 radical (unpaired) electrons. The summed E-state index contributed by atoms with van der Waals surface area (Å²) >= 11 is 0. The predicted octanol–water partition coefficient (Wildman–Crippen LogP) is 1.20. The van der Waals surface area contributed by atoms with Crippen molar-refractivity contribution in [2.24, 2.45) is 0 Å². The van der Waals surface area contributed by atoms with Crippen molar-refractivity contribution < 1.29 is 19.1 Å². The van der Waals surface area contributed by atoms with E-state index >= 15 is 0 Å². The molecule has 1 aromatic carbocycles. The zero-order valence-corrected chi connectivity index (χ0v) is 9.74. The average Bonchev–Trinajstić information content (AvgIpc) is 2.85. The molecule has 0 saturated carbocycles. The zero-order valence-electron chi connectivity index (χ0n) is 9.74. The molecule has 1 heterocycles. The fraction of sp³-hybridized carbons (Fsp3) is 0.222. The van der Waals surface area contributed by atoms with Gasteiger partial charge in [-0.25, -0.2) is 14.8 Å². The summed E-state index contributed by atoms with van der Waals surface area (Å²) in [5.41, 5.74) is 4.93. The first kappa shape index (κ1) is 12.5. The molecule has 0 aliphatic carbocycles. The number of anilines is 1. The molecule has 0 fully saturated rings. The molecule has 0 bridgehead atoms. The topological polar surface area (TPSA) is 132 Å². The van der Waals surface area contributed by atoms with Crippen LogP contribution < -0.4 is 10.9 Å². The van der Waals surface area contributed by atoms with Crippen molar-refractivity contribution in [1.29, 1.82) is 0 Å². The molecule has 0 atom stereocenters. The zero-order chi connectivity index (χ0) is 13.8. The number of nitrogens with zero attached hydrogens (tertiary/aromatic N) is 3. The fourth-order valence-corrected chi connectivity index (χ4v) is 1.39. The SMILES string of the molecule is CCOC(=O)NNc1ccc([N+](=O)[O-])c2nonc12. The second-order valence-corrected chi connectivity index (χ2v) is 3.32. The van der Waals surface area contributed by atoms with Crippen molar-refractivity contribution in [2.75, 3.05) is 12.0 Å². The van der Waals surface area contributed by atoms with Crippen LogP contribution in [0.4, 0.5) is 16.2 Å². The van der Waals surface area contributed by atoms with E-state index in [9.17, 15) is 14.9 Å². The Balaban J connectivity index is 2.25. The Bertz CT molecular complexity index is 624. The Labute approximate surface area is 105 Å². The van der Waals surface area contributed by atoms with Crippen molar-refractivity contribution in [3.8, 4) is 0 Å². The Morgan fingerprint density at radius 3 is 2.89 bits per heavy atom. The molecule has 2 rings (SSSR count). The molecule has 0 unspecified atom stereocenters. The van der Waals surface area contributed by atoms with Crippen LogP contribution in [0, 0.1) is 10.1 Å². The van der Waals surface area contributed by atoms with Gasteiger partial charge in [-0.1, -0.05) is 0 Å². The van der Waals surface area contributed by atoms with Gasteiger partial charge in [0.15, 0.2) is 5.52 Å². The van der Waals surface area contributed by atoms with Crippen LogP contribution >= 0.6 is 0 Å². The minimum atomic E-state index is -0.689. The van der Waals surface area contributed by atoms with Gasteiger partial charge in [0.2, 0.25) is 5.52 Å². The summed E-state index contributed by atoms with van der Waals surface area (Å²) in [4.78, 5) is 21.3. The lowest BCUT2D eigenvalue weighted by molar-refractivity contribution is -0.383. The van der Waals surface area contributed by atoms with Gasteiger partial charge in [0, 0.05) is 6.07 Å². The third kappa shape index (κ3) is 2.51. The predicted molar refractivity (Wildman–Crippen MR) is 62.2 cm³/mol. The molecule has 0 saturated heterocycles. The molecule has 10 heteroatoms. The molecule has 0 spiro atoms. The largest absolute Gasteiger partial charge is 0.449 e. The number of carbonyl (C=O) groups is 1. The number of hydrazine groups is 1. The van der Waals surface area contributed by atoms with Gasteiger partial charge in [-0.2, -0.15) is 0 Å². The van der Waals surface area contributed by atoms with Gasteiger partial charge >= 0.3 is 11.8 Å². The molecular weight excluding hydrogens is 258 g/mol. The molecule has 0 aliphatic heterocycles. The second-order valence-electron chi connectivity index (χ2n) is 3.32. The van der Waals surface area contributed by atoms with Crippen LogP contribution in [-0.4, -0.2) is 27.9 Å². The number of rotatable bonds is 4. The molecule has 0 aliphatic rings. The molecule has 19 heavy (non-hydrogen) atoms. The monoisotopic (exact) mass is 267 g/mol. The number of carbonyl (C=O) groups excluding carboxylic acids is 1. The first-order chi connectivity index (χ1) is 9.13. The molecule has 10 nitrogen and oxygen atoms in total. The highest BCUT2D eigenvalue weighted by molar-refractivity contribution is 5.93. The van der Waals surface area contributed by atoms with E-state index in [1.165, 1.54) is 12.1 Å². The first-order valence-electron chi connectivity index (χ1n) is 5.22. The normalized spacial score (nSPS) is 10.2. The van der Waals surface area contributed by atoms with Crippen molar-refractivity contribution in [3.05, 3.63) is 22.2 Å². The second kappa shape index (κ2) is 5.16. The number of fused-ring (bicyclic) bond motifs is 1. The van der Waals surface area contributed by atoms with Gasteiger partial charge in [0.25, 0.3) is 0 Å². The van der Waals surface area contributed by atoms with Gasteiger partial charge in [-0.3, -0.25) is 15.5 Å². The minimum absolute atomic E-state index is 0.0133. The molecule has 2 aromatic rings. The summed E-state index contributed by atoms with van der Waals surface area (Å²) in [6, 6.07) is 2.60. The van der Waals surface area contributed by atoms with E-state index in [1.807, 2.05) is 0 Å². The summed E-state index contributed by atoms with van der Waals surface area (Å²) in [6.45, 7) is 1.87. The molecule has 100 valence electrons. The smallest absolute Gasteiger partial charge is 0.425 e. The van der Waals surface area contributed by atoms with E-state index < -0.39 is 11.0 Å². The van der Waals surface area contributed by atoms with Gasteiger partial charge in [0.1, 0.15) is 0 Å². The molecule has 1 aromatic heterocycles. The Morgan fingerprint density at radius 2 is 2.21 bits per heavy atom. The number of amides is 1. The lowest BCUT2D eigenvalue weighted by Gasteiger charge is -2.07. The summed E-state index contributed by atoms with van der Waals surface area (Å²) in [6.07, 6.45) is -0.689. The number of benzene rings is 1. The summed E-state index contributed by atoms with van der Waals surface area (Å²) in [5, 5.41) is 17.8. The fourth-order valence-electron chi connectivity index (χ4n) is 1.39. The van der Waals surface area contributed by atoms with Crippen LogP contribution in [0.25, 0.3) is 11.0 Å². The number of nitro benzene ring substituents is 1. The van der Waals surface area contributed by atoms with Gasteiger partial charge in [-0.05, 0) is 23.3 Å². The van der Waals surface area contributed by atoms with E-state index in [4.69, 9.17) is 0 Å². The lowest BCUT2D eigenvalue weighted by Crippen LogP contribution is -2.30. The number of ether oxygens (including phenoxy) is 1. The van der Waals surface area contributed by atoms with Crippen LogP contribution in [0.2, 0.25) is 0 Å². The van der Waals surface area contributed by atoms with Crippen LogP contribution in [0.1, 0.15) is 6.92 Å². The van der Waals surface area contributed by atoms with Crippen molar-refractivity contribution in [1.82, 2.24) is 15.7 Å². The molecule has 2 N–H and O–H groups in total. The van der Waals surface area contributed by atoms with Crippen LogP contribution in [0.3, 0.4) is 0 Å². The number of hydrogen-bond acceptors (Lipinski definition) is 8. The maximum absolute atomic E-state index is 11.1. The highest BCUT2D eigenvalue weighted by Gasteiger charge is 2.19. The quantitative estimate of drug-likeness (QED) is 0.623. The van der Waals surface area contributed by atoms with E-state index in [0.717, 1.165) is 0 Å². The number of aromatic nitrogens is 2. The third-order valence-corrected chi connectivity index (χ3v) is 2.17. The number of nitrogens with one attached hydrogen (secondary N) is 2. The van der Waals surface area contributed by atoms with Crippen LogP contribution in [0.5, 0.6) is 0 Å². The van der Waals surface area contributed by atoms with E-state index in [1.54, 1.807) is 6.92 Å². The lowest BCUT2D eigenvalue weighted by atomic mass is 10.2. The third-order valence-electron chi connectivity index (χ3n) is 2.17. The van der Waals surface area contributed by atoms with Gasteiger partial charge in [0.05, 0.1) is 17.2 Å². The number of non-ortho nitro benzene ring substituents is 1. The highest BCUT2D eigenvalue weighted by Crippen LogP contribution is 2.28. The van der Waals surface area contributed by atoms with Gasteiger partial charge in [-0.15, -0.1) is 0 Å². The summed E-state index contributed by atoms with van der Waals surface area (Å²) < 4.78 is 9.10. The Hall–Kier alpha value is -2.91. The highest BCUT2D eigenvalue weighted by atomic mass is 16.6. The van der Waals surface area contributed by atoms with Crippen molar-refractivity contribution in [2.45, 2.75) is 6.92 Å². The summed E-state index contributed by atoms with van der Waals surface area (Å²) in [5.74, 6) is 0. The van der Waals surface area contributed by atoms with Crippen molar-refractivity contribution in [3.63, 3.8) is 0 Å². The van der Waals surface area contributed by atoms with Crippen LogP contribution in [-0.2, 0) is 4.74 Å². The average molecular weight is 267 g/mol. The van der Waals surface area contributed by atoms with Gasteiger partial charge < -0.3 is 4.74 Å².